The molecule has 0 saturated carbocycles. The SMILES string of the molecule is c1ccc(-c2ccc(-n3c4ccccc4c4ncc5c(ccc6c7ccccc7oc65)c43)cc2)cc1. The minimum absolute atomic E-state index is 0.888. The number of fused-ring (bicyclic) bond motifs is 9. The highest BCUT2D eigenvalue weighted by Crippen LogP contribution is 2.39. The molecular weight excluding hydrogens is 440 g/mol. The molecule has 8 aromatic rings. The Morgan fingerprint density at radius 3 is 2.08 bits per heavy atom. The molecule has 8 rings (SSSR count). The number of furan rings is 1. The summed E-state index contributed by atoms with van der Waals surface area (Å²) in [5.74, 6) is 0. The van der Waals surface area contributed by atoms with Gasteiger partial charge in [0, 0.05) is 38.8 Å². The van der Waals surface area contributed by atoms with Crippen LogP contribution in [0.25, 0.3) is 71.5 Å². The third kappa shape index (κ3) is 2.65. The van der Waals surface area contributed by atoms with E-state index < -0.39 is 0 Å². The molecule has 36 heavy (non-hydrogen) atoms. The maximum atomic E-state index is 6.35. The first kappa shape index (κ1) is 19.4. The molecule has 0 radical (unpaired) electrons. The quantitative estimate of drug-likeness (QED) is 0.258. The molecule has 0 aliphatic heterocycles. The van der Waals surface area contributed by atoms with Crippen LogP contribution in [-0.2, 0) is 0 Å². The van der Waals surface area contributed by atoms with E-state index in [2.05, 4.69) is 102 Å². The third-order valence-electron chi connectivity index (χ3n) is 7.24. The largest absolute Gasteiger partial charge is 0.455 e. The Morgan fingerprint density at radius 1 is 0.528 bits per heavy atom. The number of nitrogens with zero attached hydrogens (tertiary/aromatic N) is 2. The Balaban J connectivity index is 1.46. The first-order chi connectivity index (χ1) is 17.9. The van der Waals surface area contributed by atoms with Crippen molar-refractivity contribution in [3.63, 3.8) is 0 Å². The molecule has 0 N–H and O–H groups in total. The number of aromatic nitrogens is 2. The van der Waals surface area contributed by atoms with E-state index in [0.29, 0.717) is 0 Å². The van der Waals surface area contributed by atoms with Crippen LogP contribution in [0.2, 0.25) is 0 Å². The van der Waals surface area contributed by atoms with E-state index in [1.165, 1.54) is 11.1 Å². The second-order valence-corrected chi connectivity index (χ2v) is 9.22. The maximum Gasteiger partial charge on any atom is 0.144 e. The first-order valence-electron chi connectivity index (χ1n) is 12.1. The molecule has 168 valence electrons. The van der Waals surface area contributed by atoms with Gasteiger partial charge < -0.3 is 8.98 Å². The van der Waals surface area contributed by atoms with Crippen molar-refractivity contribution < 1.29 is 4.42 Å². The predicted molar refractivity (Wildman–Crippen MR) is 149 cm³/mol. The average molecular weight is 461 g/mol. The summed E-state index contributed by atoms with van der Waals surface area (Å²) in [7, 11) is 0. The van der Waals surface area contributed by atoms with E-state index in [-0.39, 0.29) is 0 Å². The van der Waals surface area contributed by atoms with Crippen molar-refractivity contribution in [2.75, 3.05) is 0 Å². The van der Waals surface area contributed by atoms with Gasteiger partial charge in [-0.15, -0.1) is 0 Å². The Labute approximate surface area is 206 Å². The van der Waals surface area contributed by atoms with Crippen molar-refractivity contribution in [3.8, 4) is 16.8 Å². The Morgan fingerprint density at radius 2 is 1.22 bits per heavy atom. The molecular formula is C33H20N2O. The highest BCUT2D eigenvalue weighted by Gasteiger charge is 2.18. The van der Waals surface area contributed by atoms with Crippen LogP contribution in [0.4, 0.5) is 0 Å². The minimum atomic E-state index is 0.888. The van der Waals surface area contributed by atoms with Gasteiger partial charge in [-0.25, -0.2) is 0 Å². The molecule has 0 unspecified atom stereocenters. The summed E-state index contributed by atoms with van der Waals surface area (Å²) in [6.45, 7) is 0. The van der Waals surface area contributed by atoms with Gasteiger partial charge in [0.05, 0.1) is 16.6 Å². The molecule has 3 nitrogen and oxygen atoms in total. The molecule has 3 heteroatoms. The molecule has 0 bridgehead atoms. The molecule has 3 aromatic heterocycles. The van der Waals surface area contributed by atoms with Gasteiger partial charge >= 0.3 is 0 Å². The smallest absolute Gasteiger partial charge is 0.144 e. The van der Waals surface area contributed by atoms with Crippen molar-refractivity contribution in [3.05, 3.63) is 121 Å². The lowest BCUT2D eigenvalue weighted by Gasteiger charge is -2.11. The summed E-state index contributed by atoms with van der Waals surface area (Å²) in [5, 5.41) is 5.56. The summed E-state index contributed by atoms with van der Waals surface area (Å²) < 4.78 is 8.69. The van der Waals surface area contributed by atoms with Crippen molar-refractivity contribution in [1.82, 2.24) is 9.55 Å². The van der Waals surface area contributed by atoms with Crippen LogP contribution in [0.3, 0.4) is 0 Å². The Bertz CT molecular complexity index is 2080. The normalized spacial score (nSPS) is 11.9. The fourth-order valence-electron chi connectivity index (χ4n) is 5.58. The van der Waals surface area contributed by atoms with Gasteiger partial charge in [-0.3, -0.25) is 4.98 Å². The molecule has 3 heterocycles. The fraction of sp³-hybridized carbons (Fsp3) is 0. The van der Waals surface area contributed by atoms with Crippen LogP contribution in [0.5, 0.6) is 0 Å². The number of para-hydroxylation sites is 2. The van der Waals surface area contributed by atoms with Crippen LogP contribution >= 0.6 is 0 Å². The van der Waals surface area contributed by atoms with Gasteiger partial charge in [0.2, 0.25) is 0 Å². The summed E-state index contributed by atoms with van der Waals surface area (Å²) in [4.78, 5) is 4.99. The topological polar surface area (TPSA) is 31.0 Å². The highest BCUT2D eigenvalue weighted by molar-refractivity contribution is 6.23. The summed E-state index contributed by atoms with van der Waals surface area (Å²) >= 11 is 0. The zero-order valence-corrected chi connectivity index (χ0v) is 19.3. The average Bonchev–Trinajstić information content (AvgIpc) is 3.50. The Kier molecular flexibility index (Phi) is 3.94. The van der Waals surface area contributed by atoms with Crippen molar-refractivity contribution >= 4 is 54.6 Å². The van der Waals surface area contributed by atoms with E-state index in [1.54, 1.807) is 0 Å². The summed E-state index contributed by atoms with van der Waals surface area (Å²) in [5.41, 5.74) is 8.56. The number of pyridine rings is 1. The fourth-order valence-corrected chi connectivity index (χ4v) is 5.58. The minimum Gasteiger partial charge on any atom is -0.455 e. The van der Waals surface area contributed by atoms with E-state index >= 15 is 0 Å². The second kappa shape index (κ2) is 7.30. The van der Waals surface area contributed by atoms with Crippen LogP contribution in [0.15, 0.2) is 126 Å². The molecule has 5 aromatic carbocycles. The maximum absolute atomic E-state index is 6.35. The van der Waals surface area contributed by atoms with Gasteiger partial charge in [0.15, 0.2) is 0 Å². The molecule has 0 amide bonds. The van der Waals surface area contributed by atoms with Crippen LogP contribution in [-0.4, -0.2) is 9.55 Å². The van der Waals surface area contributed by atoms with Crippen LogP contribution in [0.1, 0.15) is 0 Å². The van der Waals surface area contributed by atoms with Crippen molar-refractivity contribution in [1.29, 1.82) is 0 Å². The first-order valence-corrected chi connectivity index (χ1v) is 12.1. The lowest BCUT2D eigenvalue weighted by atomic mass is 10.1. The molecule has 0 spiro atoms. The number of benzene rings is 5. The monoisotopic (exact) mass is 460 g/mol. The lowest BCUT2D eigenvalue weighted by Crippen LogP contribution is -1.95. The Hall–Kier alpha value is -4.89. The number of hydrogen-bond donors (Lipinski definition) is 0. The molecule has 0 aliphatic rings. The van der Waals surface area contributed by atoms with E-state index in [0.717, 1.165) is 60.3 Å². The number of hydrogen-bond acceptors (Lipinski definition) is 2. The van der Waals surface area contributed by atoms with Crippen molar-refractivity contribution in [2.24, 2.45) is 0 Å². The van der Waals surface area contributed by atoms with Crippen molar-refractivity contribution in [2.45, 2.75) is 0 Å². The van der Waals surface area contributed by atoms with Gasteiger partial charge in [-0.1, -0.05) is 84.9 Å². The molecule has 0 fully saturated rings. The molecule has 0 atom stereocenters. The standard InChI is InChI=1S/C33H20N2O/c1-2-8-21(9-3-1)22-14-16-23(17-15-22)35-29-12-6-4-11-27(29)31-32(35)25-18-19-26-24-10-5-7-13-30(24)36-33(26)28(25)20-34-31/h1-20H. The zero-order chi connectivity index (χ0) is 23.6. The third-order valence-corrected chi connectivity index (χ3v) is 7.24. The van der Waals surface area contributed by atoms with Gasteiger partial charge in [0.25, 0.3) is 0 Å². The van der Waals surface area contributed by atoms with Crippen LogP contribution in [0, 0.1) is 0 Å². The van der Waals surface area contributed by atoms with E-state index in [1.807, 2.05) is 24.4 Å². The van der Waals surface area contributed by atoms with Gasteiger partial charge in [-0.05, 0) is 41.5 Å². The van der Waals surface area contributed by atoms with Crippen LogP contribution < -0.4 is 0 Å². The van der Waals surface area contributed by atoms with Gasteiger partial charge in [0.1, 0.15) is 11.2 Å². The van der Waals surface area contributed by atoms with E-state index in [9.17, 15) is 0 Å². The molecule has 0 aliphatic carbocycles. The molecule has 0 saturated heterocycles. The van der Waals surface area contributed by atoms with Gasteiger partial charge in [-0.2, -0.15) is 0 Å². The zero-order valence-electron chi connectivity index (χ0n) is 19.3. The lowest BCUT2D eigenvalue weighted by molar-refractivity contribution is 0.672. The summed E-state index contributed by atoms with van der Waals surface area (Å²) in [6, 6.07) is 40.4. The summed E-state index contributed by atoms with van der Waals surface area (Å²) in [6.07, 6.45) is 1.97. The number of rotatable bonds is 2. The highest BCUT2D eigenvalue weighted by atomic mass is 16.3. The second-order valence-electron chi connectivity index (χ2n) is 9.22. The predicted octanol–water partition coefficient (Wildman–Crippen LogP) is 8.90. The van der Waals surface area contributed by atoms with E-state index in [4.69, 9.17) is 9.40 Å².